The molecule has 4 heteroatoms. The maximum absolute atomic E-state index is 6.19. The number of anilines is 2. The van der Waals surface area contributed by atoms with E-state index in [1.54, 1.807) is 0 Å². The van der Waals surface area contributed by atoms with E-state index in [4.69, 9.17) is 11.6 Å². The van der Waals surface area contributed by atoms with Gasteiger partial charge in [-0.25, -0.2) is 9.97 Å². The Morgan fingerprint density at radius 3 is 2.35 bits per heavy atom. The molecule has 0 atom stereocenters. The molecule has 2 rings (SSSR count). The first-order valence-electron chi connectivity index (χ1n) is 6.76. The average Bonchev–Trinajstić information content (AvgIpc) is 2.38. The van der Waals surface area contributed by atoms with Crippen molar-refractivity contribution in [1.29, 1.82) is 0 Å². The predicted octanol–water partition coefficient (Wildman–Crippen LogP) is 4.92. The van der Waals surface area contributed by atoms with Crippen molar-refractivity contribution in [2.24, 2.45) is 0 Å². The van der Waals surface area contributed by atoms with Gasteiger partial charge in [0.15, 0.2) is 0 Å². The summed E-state index contributed by atoms with van der Waals surface area (Å²) in [6.45, 7) is 10.2. The summed E-state index contributed by atoms with van der Waals surface area (Å²) in [4.78, 5) is 8.89. The van der Waals surface area contributed by atoms with Gasteiger partial charge in [0.1, 0.15) is 16.8 Å². The molecule has 1 heterocycles. The lowest BCUT2D eigenvalue weighted by atomic mass is 10.1. The van der Waals surface area contributed by atoms with Crippen molar-refractivity contribution in [3.63, 3.8) is 0 Å². The largest absolute Gasteiger partial charge is 0.340 e. The molecule has 1 aromatic carbocycles. The zero-order chi connectivity index (χ0) is 14.9. The first-order valence-corrected chi connectivity index (χ1v) is 7.14. The number of nitrogens with one attached hydrogen (secondary N) is 1. The van der Waals surface area contributed by atoms with Crippen LogP contribution in [0.1, 0.15) is 42.3 Å². The van der Waals surface area contributed by atoms with E-state index in [0.29, 0.717) is 5.15 Å². The van der Waals surface area contributed by atoms with Gasteiger partial charge in [-0.3, -0.25) is 0 Å². The number of hydrogen-bond donors (Lipinski definition) is 1. The van der Waals surface area contributed by atoms with E-state index in [0.717, 1.165) is 22.9 Å². The van der Waals surface area contributed by atoms with Crippen molar-refractivity contribution in [2.45, 2.75) is 40.5 Å². The number of benzene rings is 1. The van der Waals surface area contributed by atoms with E-state index in [1.807, 2.05) is 13.0 Å². The third-order valence-corrected chi connectivity index (χ3v) is 3.76. The van der Waals surface area contributed by atoms with Gasteiger partial charge < -0.3 is 5.32 Å². The topological polar surface area (TPSA) is 37.8 Å². The van der Waals surface area contributed by atoms with Gasteiger partial charge in [0.05, 0.1) is 0 Å². The maximum Gasteiger partial charge on any atom is 0.138 e. The Bertz CT molecular complexity index is 636. The van der Waals surface area contributed by atoms with E-state index in [9.17, 15) is 0 Å². The number of halogens is 1. The third-order valence-electron chi connectivity index (χ3n) is 3.39. The van der Waals surface area contributed by atoms with Crippen LogP contribution in [0.5, 0.6) is 0 Å². The standard InChI is InChI=1S/C16H20ClN3/c1-9(2)15-19-14(17)12(5)16(20-15)18-13-7-6-10(3)11(4)8-13/h6-9H,1-5H3,(H,18,19,20). The zero-order valence-electron chi connectivity index (χ0n) is 12.6. The average molecular weight is 290 g/mol. The van der Waals surface area contributed by atoms with Crippen LogP contribution >= 0.6 is 11.6 Å². The Labute approximate surface area is 125 Å². The van der Waals surface area contributed by atoms with Gasteiger partial charge in [0, 0.05) is 17.2 Å². The molecule has 106 valence electrons. The van der Waals surface area contributed by atoms with Crippen LogP contribution in [-0.2, 0) is 0 Å². The molecule has 0 bridgehead atoms. The predicted molar refractivity (Wildman–Crippen MR) is 85.1 cm³/mol. The van der Waals surface area contributed by atoms with Gasteiger partial charge in [-0.1, -0.05) is 31.5 Å². The molecule has 0 spiro atoms. The van der Waals surface area contributed by atoms with Crippen LogP contribution in [0.2, 0.25) is 5.15 Å². The lowest BCUT2D eigenvalue weighted by molar-refractivity contribution is 0.773. The Balaban J connectivity index is 2.39. The number of aromatic nitrogens is 2. The number of rotatable bonds is 3. The number of aryl methyl sites for hydroxylation is 2. The van der Waals surface area contributed by atoms with Gasteiger partial charge in [0.2, 0.25) is 0 Å². The molecule has 0 aliphatic heterocycles. The Hall–Kier alpha value is -1.61. The van der Waals surface area contributed by atoms with Gasteiger partial charge in [-0.15, -0.1) is 0 Å². The minimum atomic E-state index is 0.244. The van der Waals surface area contributed by atoms with E-state index in [1.165, 1.54) is 11.1 Å². The summed E-state index contributed by atoms with van der Waals surface area (Å²) in [6.07, 6.45) is 0. The van der Waals surface area contributed by atoms with E-state index in [2.05, 4.69) is 55.1 Å². The molecule has 0 unspecified atom stereocenters. The van der Waals surface area contributed by atoms with Crippen LogP contribution in [0.4, 0.5) is 11.5 Å². The van der Waals surface area contributed by atoms with Crippen LogP contribution in [0, 0.1) is 20.8 Å². The molecule has 1 aromatic heterocycles. The van der Waals surface area contributed by atoms with E-state index < -0.39 is 0 Å². The lowest BCUT2D eigenvalue weighted by Gasteiger charge is -2.13. The fraction of sp³-hybridized carbons (Fsp3) is 0.375. The molecule has 0 aliphatic carbocycles. The highest BCUT2D eigenvalue weighted by Gasteiger charge is 2.12. The molecule has 3 nitrogen and oxygen atoms in total. The number of nitrogens with zero attached hydrogens (tertiary/aromatic N) is 2. The minimum absolute atomic E-state index is 0.244. The lowest BCUT2D eigenvalue weighted by Crippen LogP contribution is -2.05. The third kappa shape index (κ3) is 3.10. The molecule has 0 amide bonds. The summed E-state index contributed by atoms with van der Waals surface area (Å²) >= 11 is 6.19. The van der Waals surface area contributed by atoms with Crippen molar-refractivity contribution >= 4 is 23.1 Å². The van der Waals surface area contributed by atoms with Crippen LogP contribution < -0.4 is 5.32 Å². The highest BCUT2D eigenvalue weighted by atomic mass is 35.5. The van der Waals surface area contributed by atoms with Crippen LogP contribution in [0.25, 0.3) is 0 Å². The molecule has 1 N–H and O–H groups in total. The Kier molecular flexibility index (Phi) is 4.29. The quantitative estimate of drug-likeness (QED) is 0.815. The maximum atomic E-state index is 6.19. The second-order valence-electron chi connectivity index (χ2n) is 5.42. The Morgan fingerprint density at radius 1 is 1.05 bits per heavy atom. The van der Waals surface area contributed by atoms with Crippen LogP contribution in [0.3, 0.4) is 0 Å². The molecular weight excluding hydrogens is 270 g/mol. The fourth-order valence-corrected chi connectivity index (χ4v) is 2.02. The summed E-state index contributed by atoms with van der Waals surface area (Å²) in [5.41, 5.74) is 4.41. The molecular formula is C16H20ClN3. The number of hydrogen-bond acceptors (Lipinski definition) is 3. The minimum Gasteiger partial charge on any atom is -0.340 e. The van der Waals surface area contributed by atoms with Crippen molar-refractivity contribution in [1.82, 2.24) is 9.97 Å². The highest BCUT2D eigenvalue weighted by molar-refractivity contribution is 6.30. The van der Waals surface area contributed by atoms with Crippen molar-refractivity contribution in [3.8, 4) is 0 Å². The van der Waals surface area contributed by atoms with E-state index in [-0.39, 0.29) is 5.92 Å². The first kappa shape index (κ1) is 14.8. The summed E-state index contributed by atoms with van der Waals surface area (Å²) in [5, 5.41) is 3.85. The second kappa shape index (κ2) is 5.80. The SMILES string of the molecule is Cc1ccc(Nc2nc(C(C)C)nc(Cl)c2C)cc1C. The monoisotopic (exact) mass is 289 g/mol. The van der Waals surface area contributed by atoms with E-state index >= 15 is 0 Å². The molecule has 0 saturated heterocycles. The molecule has 0 fully saturated rings. The van der Waals surface area contributed by atoms with Crippen molar-refractivity contribution < 1.29 is 0 Å². The van der Waals surface area contributed by atoms with Gasteiger partial charge in [-0.05, 0) is 44.0 Å². The highest BCUT2D eigenvalue weighted by Crippen LogP contribution is 2.26. The fourth-order valence-electron chi connectivity index (χ4n) is 1.84. The molecule has 20 heavy (non-hydrogen) atoms. The van der Waals surface area contributed by atoms with Crippen LogP contribution in [0.15, 0.2) is 18.2 Å². The normalized spacial score (nSPS) is 10.9. The first-order chi connectivity index (χ1) is 9.38. The summed E-state index contributed by atoms with van der Waals surface area (Å²) in [7, 11) is 0. The molecule has 0 saturated carbocycles. The molecule has 2 aromatic rings. The van der Waals surface area contributed by atoms with Gasteiger partial charge in [0.25, 0.3) is 0 Å². The smallest absolute Gasteiger partial charge is 0.138 e. The van der Waals surface area contributed by atoms with Crippen LogP contribution in [-0.4, -0.2) is 9.97 Å². The van der Waals surface area contributed by atoms with Gasteiger partial charge in [-0.2, -0.15) is 0 Å². The molecule has 0 radical (unpaired) electrons. The summed E-state index contributed by atoms with van der Waals surface area (Å²) in [5.74, 6) is 1.78. The molecule has 0 aliphatic rings. The zero-order valence-corrected chi connectivity index (χ0v) is 13.3. The second-order valence-corrected chi connectivity index (χ2v) is 5.78. The van der Waals surface area contributed by atoms with Crippen molar-refractivity contribution in [2.75, 3.05) is 5.32 Å². The van der Waals surface area contributed by atoms with Gasteiger partial charge >= 0.3 is 0 Å². The van der Waals surface area contributed by atoms with Crippen molar-refractivity contribution in [3.05, 3.63) is 45.9 Å². The summed E-state index contributed by atoms with van der Waals surface area (Å²) in [6, 6.07) is 6.26. The summed E-state index contributed by atoms with van der Waals surface area (Å²) < 4.78 is 0. The Morgan fingerprint density at radius 2 is 1.75 bits per heavy atom.